The van der Waals surface area contributed by atoms with Crippen LogP contribution in [-0.4, -0.2) is 29.5 Å². The van der Waals surface area contributed by atoms with Gasteiger partial charge in [0.1, 0.15) is 10.8 Å². The number of primary amides is 1. The van der Waals surface area contributed by atoms with E-state index in [9.17, 15) is 19.5 Å². The molecule has 0 saturated carbocycles. The highest BCUT2D eigenvalue weighted by Gasteiger charge is 2.27. The molecule has 1 atom stereocenters. The number of hydrogen-bond acceptors (Lipinski definition) is 6. The molecule has 0 aliphatic heterocycles. The minimum Gasteiger partial charge on any atom is -0.508 e. The zero-order valence-electron chi connectivity index (χ0n) is 14.8. The number of ether oxygens (including phenoxy) is 1. The van der Waals surface area contributed by atoms with Gasteiger partial charge in [0.25, 0.3) is 11.8 Å². The molecule has 2 amide bonds. The lowest BCUT2D eigenvalue weighted by Gasteiger charge is -2.18. The molecule has 0 saturated heterocycles. The number of carbonyl (C=O) groups excluding carboxylic acids is 3. The Hall–Kier alpha value is -2.87. The van der Waals surface area contributed by atoms with E-state index in [1.165, 1.54) is 35.6 Å². The second kappa shape index (κ2) is 7.79. The van der Waals surface area contributed by atoms with E-state index in [-0.39, 0.29) is 11.3 Å². The number of fused-ring (bicyclic) bond motifs is 1. The first-order valence-electron chi connectivity index (χ1n) is 8.55. The van der Waals surface area contributed by atoms with Gasteiger partial charge in [-0.15, -0.1) is 11.3 Å². The average molecular weight is 388 g/mol. The molecule has 142 valence electrons. The van der Waals surface area contributed by atoms with Crippen LogP contribution in [0.4, 0.5) is 5.00 Å². The third kappa shape index (κ3) is 4.28. The van der Waals surface area contributed by atoms with Crippen molar-refractivity contribution >= 4 is 34.1 Å². The highest BCUT2D eigenvalue weighted by atomic mass is 32.1. The lowest BCUT2D eigenvalue weighted by molar-refractivity contribution is -0.119. The first kappa shape index (κ1) is 18.9. The Balaban J connectivity index is 1.66. The minimum absolute atomic E-state index is 0.0271. The Morgan fingerprint density at radius 1 is 1.30 bits per heavy atom. The molecular weight excluding hydrogens is 368 g/mol. The predicted octanol–water partition coefficient (Wildman–Crippen LogP) is 2.47. The maximum absolute atomic E-state index is 12.2. The van der Waals surface area contributed by atoms with E-state index in [2.05, 4.69) is 12.2 Å². The van der Waals surface area contributed by atoms with Crippen LogP contribution >= 0.6 is 11.3 Å². The van der Waals surface area contributed by atoms with Gasteiger partial charge in [-0.1, -0.05) is 6.92 Å². The maximum atomic E-state index is 12.2. The van der Waals surface area contributed by atoms with Crippen LogP contribution in [0.3, 0.4) is 0 Å². The van der Waals surface area contributed by atoms with E-state index in [0.717, 1.165) is 29.7 Å². The number of hydrogen-bond donors (Lipinski definition) is 3. The van der Waals surface area contributed by atoms with E-state index in [0.29, 0.717) is 16.5 Å². The van der Waals surface area contributed by atoms with Crippen molar-refractivity contribution in [1.82, 2.24) is 0 Å². The quantitative estimate of drug-likeness (QED) is 0.680. The first-order valence-corrected chi connectivity index (χ1v) is 9.37. The van der Waals surface area contributed by atoms with Gasteiger partial charge in [0.05, 0.1) is 11.1 Å². The molecule has 1 aromatic heterocycles. The van der Waals surface area contributed by atoms with Crippen molar-refractivity contribution in [3.63, 3.8) is 0 Å². The summed E-state index contributed by atoms with van der Waals surface area (Å²) in [5, 5.41) is 12.3. The lowest BCUT2D eigenvalue weighted by Crippen LogP contribution is -2.23. The fourth-order valence-electron chi connectivity index (χ4n) is 3.07. The molecule has 0 spiro atoms. The van der Waals surface area contributed by atoms with Crippen molar-refractivity contribution in [2.45, 2.75) is 26.2 Å². The minimum atomic E-state index is -0.681. The molecule has 3 rings (SSSR count). The number of aromatic hydroxyl groups is 1. The summed E-state index contributed by atoms with van der Waals surface area (Å²) in [5.74, 6) is -1.25. The fraction of sp³-hybridized carbons (Fsp3) is 0.316. The van der Waals surface area contributed by atoms with E-state index in [1.54, 1.807) is 0 Å². The molecule has 0 unspecified atom stereocenters. The highest BCUT2D eigenvalue weighted by Crippen LogP contribution is 2.39. The lowest BCUT2D eigenvalue weighted by atomic mass is 9.88. The van der Waals surface area contributed by atoms with Crippen LogP contribution < -0.4 is 11.1 Å². The number of nitrogens with one attached hydrogen (secondary N) is 1. The molecule has 1 aliphatic carbocycles. The largest absolute Gasteiger partial charge is 0.508 e. The summed E-state index contributed by atoms with van der Waals surface area (Å²) in [7, 11) is 0. The van der Waals surface area contributed by atoms with Crippen LogP contribution in [0.1, 0.15) is 44.5 Å². The number of benzene rings is 1. The Morgan fingerprint density at radius 2 is 2.00 bits per heavy atom. The Labute approximate surface area is 160 Å². The molecule has 1 aromatic carbocycles. The monoisotopic (exact) mass is 388 g/mol. The van der Waals surface area contributed by atoms with Gasteiger partial charge in [0.2, 0.25) is 0 Å². The van der Waals surface area contributed by atoms with Crippen molar-refractivity contribution < 1.29 is 24.2 Å². The molecule has 2 aromatic rings. The van der Waals surface area contributed by atoms with Gasteiger partial charge in [-0.3, -0.25) is 9.59 Å². The summed E-state index contributed by atoms with van der Waals surface area (Å²) in [6.45, 7) is 1.66. The van der Waals surface area contributed by atoms with Gasteiger partial charge in [-0.05, 0) is 55.0 Å². The standard InChI is InChI=1S/C19H20N2O5S/c1-10-2-7-13-14(8-10)27-18(16(13)17(20)24)21-15(23)9-26-19(25)11-3-5-12(22)6-4-11/h3-6,10,22H,2,7-9H2,1H3,(H2,20,24)(H,21,23)/t10-/m1/s1. The fourth-order valence-corrected chi connectivity index (χ4v) is 4.51. The predicted molar refractivity (Wildman–Crippen MR) is 101 cm³/mol. The summed E-state index contributed by atoms with van der Waals surface area (Å²) in [6.07, 6.45) is 2.59. The van der Waals surface area contributed by atoms with Crippen LogP contribution in [0.2, 0.25) is 0 Å². The number of nitrogens with two attached hydrogens (primary N) is 1. The Bertz CT molecular complexity index is 888. The topological polar surface area (TPSA) is 119 Å². The summed E-state index contributed by atoms with van der Waals surface area (Å²) < 4.78 is 4.98. The van der Waals surface area contributed by atoms with Crippen molar-refractivity contribution in [3.05, 3.63) is 45.8 Å². The van der Waals surface area contributed by atoms with Gasteiger partial charge in [-0.25, -0.2) is 4.79 Å². The van der Waals surface area contributed by atoms with E-state index >= 15 is 0 Å². The summed E-state index contributed by atoms with van der Waals surface area (Å²) >= 11 is 1.35. The van der Waals surface area contributed by atoms with Crippen LogP contribution in [0.15, 0.2) is 24.3 Å². The molecule has 1 heterocycles. The summed E-state index contributed by atoms with van der Waals surface area (Å²) in [6, 6.07) is 5.50. The second-order valence-corrected chi connectivity index (χ2v) is 7.70. The number of thiophene rings is 1. The smallest absolute Gasteiger partial charge is 0.338 e. The SMILES string of the molecule is C[C@@H]1CCc2c(sc(NC(=O)COC(=O)c3ccc(O)cc3)c2C(N)=O)C1. The molecule has 27 heavy (non-hydrogen) atoms. The number of phenols is 1. The summed E-state index contributed by atoms with van der Waals surface area (Å²) in [5.41, 5.74) is 7.02. The van der Waals surface area contributed by atoms with Crippen molar-refractivity contribution in [2.24, 2.45) is 11.7 Å². The van der Waals surface area contributed by atoms with E-state index in [1.807, 2.05) is 0 Å². The highest BCUT2D eigenvalue weighted by molar-refractivity contribution is 7.17. The number of esters is 1. The molecule has 0 radical (unpaired) electrons. The normalized spacial score (nSPS) is 15.7. The van der Waals surface area contributed by atoms with Gasteiger partial charge >= 0.3 is 5.97 Å². The zero-order valence-corrected chi connectivity index (χ0v) is 15.6. The molecule has 0 bridgehead atoms. The van der Waals surface area contributed by atoms with Crippen LogP contribution in [0, 0.1) is 5.92 Å². The Kier molecular flexibility index (Phi) is 5.46. The van der Waals surface area contributed by atoms with Gasteiger partial charge < -0.3 is 20.9 Å². The van der Waals surface area contributed by atoms with Gasteiger partial charge in [-0.2, -0.15) is 0 Å². The van der Waals surface area contributed by atoms with Crippen LogP contribution in [-0.2, 0) is 22.4 Å². The first-order chi connectivity index (χ1) is 12.8. The maximum Gasteiger partial charge on any atom is 0.338 e. The summed E-state index contributed by atoms with van der Waals surface area (Å²) in [4.78, 5) is 37.0. The average Bonchev–Trinajstić information content (AvgIpc) is 2.97. The van der Waals surface area contributed by atoms with E-state index in [4.69, 9.17) is 10.5 Å². The molecule has 4 N–H and O–H groups in total. The molecule has 7 nitrogen and oxygen atoms in total. The third-order valence-corrected chi connectivity index (χ3v) is 5.62. The molecule has 0 fully saturated rings. The second-order valence-electron chi connectivity index (χ2n) is 6.59. The number of amides is 2. The molecular formula is C19H20N2O5S. The number of phenolic OH excluding ortho intramolecular Hbond substituents is 1. The third-order valence-electron chi connectivity index (χ3n) is 4.45. The number of rotatable bonds is 5. The van der Waals surface area contributed by atoms with Crippen molar-refractivity contribution in [2.75, 3.05) is 11.9 Å². The van der Waals surface area contributed by atoms with Crippen molar-refractivity contribution in [3.8, 4) is 5.75 Å². The van der Waals surface area contributed by atoms with E-state index < -0.39 is 24.4 Å². The molecule has 8 heteroatoms. The van der Waals surface area contributed by atoms with Crippen molar-refractivity contribution in [1.29, 1.82) is 0 Å². The number of carbonyl (C=O) groups is 3. The van der Waals surface area contributed by atoms with Crippen LogP contribution in [0.25, 0.3) is 0 Å². The molecule has 1 aliphatic rings. The number of anilines is 1. The van der Waals surface area contributed by atoms with Crippen LogP contribution in [0.5, 0.6) is 5.75 Å². The van der Waals surface area contributed by atoms with Gasteiger partial charge in [0.15, 0.2) is 6.61 Å². The Morgan fingerprint density at radius 3 is 2.67 bits per heavy atom. The zero-order chi connectivity index (χ0) is 19.6. The van der Waals surface area contributed by atoms with Gasteiger partial charge in [0, 0.05) is 4.88 Å².